The number of nitrogen functional groups attached to an aromatic ring is 1. The number of hydrogen-bond acceptors (Lipinski definition) is 2. The van der Waals surface area contributed by atoms with Crippen molar-refractivity contribution < 1.29 is 8.78 Å². The summed E-state index contributed by atoms with van der Waals surface area (Å²) >= 11 is 3.34. The van der Waals surface area contributed by atoms with E-state index in [1.807, 2.05) is 12.1 Å². The third-order valence-electron chi connectivity index (χ3n) is 2.79. The number of H-pyrrole nitrogens is 1. The molecule has 19 heavy (non-hydrogen) atoms. The Morgan fingerprint density at radius 3 is 2.68 bits per heavy atom. The highest BCUT2D eigenvalue weighted by atomic mass is 79.9. The minimum absolute atomic E-state index is 0.113. The predicted octanol–water partition coefficient (Wildman–Crippen LogP) is 3.85. The largest absolute Gasteiger partial charge is 0.396 e. The lowest BCUT2D eigenvalue weighted by atomic mass is 10.1. The highest BCUT2D eigenvalue weighted by Crippen LogP contribution is 2.27. The number of hydrogen-bond donors (Lipinski definition) is 2. The number of aromatic nitrogens is 2. The molecule has 1 aromatic heterocycles. The van der Waals surface area contributed by atoms with E-state index in [-0.39, 0.29) is 11.3 Å². The van der Waals surface area contributed by atoms with Gasteiger partial charge in [0.25, 0.3) is 0 Å². The molecule has 6 heteroatoms. The number of aromatic amines is 1. The van der Waals surface area contributed by atoms with Gasteiger partial charge in [0.1, 0.15) is 17.5 Å². The Hall–Kier alpha value is -1.95. The first-order chi connectivity index (χ1) is 9.04. The monoisotopic (exact) mass is 323 g/mol. The van der Waals surface area contributed by atoms with Crippen LogP contribution >= 0.6 is 15.9 Å². The Bertz CT molecular complexity index is 783. The third-order valence-corrected chi connectivity index (χ3v) is 3.28. The topological polar surface area (TPSA) is 54.7 Å². The Morgan fingerprint density at radius 1 is 1.11 bits per heavy atom. The fourth-order valence-corrected chi connectivity index (χ4v) is 2.22. The fraction of sp³-hybridized carbons (Fsp3) is 0. The van der Waals surface area contributed by atoms with Gasteiger partial charge in [0.05, 0.1) is 22.3 Å². The van der Waals surface area contributed by atoms with Crippen LogP contribution < -0.4 is 5.73 Å². The van der Waals surface area contributed by atoms with Gasteiger partial charge in [0.2, 0.25) is 0 Å². The maximum atomic E-state index is 13.8. The zero-order valence-corrected chi connectivity index (χ0v) is 11.1. The molecule has 0 atom stereocenters. The van der Waals surface area contributed by atoms with Crippen molar-refractivity contribution in [3.8, 4) is 11.4 Å². The molecular weight excluding hydrogens is 316 g/mol. The van der Waals surface area contributed by atoms with Crippen molar-refractivity contribution >= 4 is 32.7 Å². The quantitative estimate of drug-likeness (QED) is 0.668. The highest BCUT2D eigenvalue weighted by molar-refractivity contribution is 9.10. The third kappa shape index (κ3) is 2.08. The van der Waals surface area contributed by atoms with Crippen LogP contribution in [0.1, 0.15) is 0 Å². The lowest BCUT2D eigenvalue weighted by Crippen LogP contribution is -1.95. The number of rotatable bonds is 1. The molecule has 0 fully saturated rings. The lowest BCUT2D eigenvalue weighted by Gasteiger charge is -2.02. The van der Waals surface area contributed by atoms with E-state index < -0.39 is 11.6 Å². The number of nitrogens with one attached hydrogen (secondary N) is 1. The van der Waals surface area contributed by atoms with Crippen LogP contribution in [0, 0.1) is 11.6 Å². The maximum absolute atomic E-state index is 13.8. The second-order valence-corrected chi connectivity index (χ2v) is 5.02. The molecule has 3 nitrogen and oxygen atoms in total. The number of nitrogens with two attached hydrogens (primary N) is 1. The van der Waals surface area contributed by atoms with Crippen LogP contribution in [0.25, 0.3) is 22.4 Å². The predicted molar refractivity (Wildman–Crippen MR) is 73.6 cm³/mol. The van der Waals surface area contributed by atoms with Crippen molar-refractivity contribution in [2.24, 2.45) is 0 Å². The minimum atomic E-state index is -0.778. The van der Waals surface area contributed by atoms with Crippen molar-refractivity contribution in [3.63, 3.8) is 0 Å². The van der Waals surface area contributed by atoms with Gasteiger partial charge in [-0.1, -0.05) is 15.9 Å². The second kappa shape index (κ2) is 4.31. The van der Waals surface area contributed by atoms with Crippen LogP contribution in [-0.4, -0.2) is 9.97 Å². The molecule has 3 aromatic rings. The number of halogens is 3. The first-order valence-electron chi connectivity index (χ1n) is 5.45. The molecule has 0 aliphatic rings. The molecule has 2 aromatic carbocycles. The van der Waals surface area contributed by atoms with Crippen molar-refractivity contribution in [3.05, 3.63) is 46.4 Å². The summed E-state index contributed by atoms with van der Waals surface area (Å²) in [5.41, 5.74) is 6.94. The summed E-state index contributed by atoms with van der Waals surface area (Å²) in [6.07, 6.45) is 0. The van der Waals surface area contributed by atoms with Crippen molar-refractivity contribution in [1.29, 1.82) is 0 Å². The summed E-state index contributed by atoms with van der Waals surface area (Å²) in [5, 5.41) is 0. The molecule has 0 radical (unpaired) electrons. The summed E-state index contributed by atoms with van der Waals surface area (Å²) in [4.78, 5) is 7.24. The molecule has 3 rings (SSSR count). The van der Waals surface area contributed by atoms with Gasteiger partial charge < -0.3 is 10.7 Å². The lowest BCUT2D eigenvalue weighted by molar-refractivity contribution is 0.588. The summed E-state index contributed by atoms with van der Waals surface area (Å²) < 4.78 is 27.8. The van der Waals surface area contributed by atoms with Gasteiger partial charge in [-0.3, -0.25) is 0 Å². The van der Waals surface area contributed by atoms with Gasteiger partial charge in [-0.05, 0) is 24.3 Å². The smallest absolute Gasteiger partial charge is 0.149 e. The molecule has 0 amide bonds. The molecule has 0 spiro atoms. The van der Waals surface area contributed by atoms with Crippen LogP contribution in [0.5, 0.6) is 0 Å². The number of fused-ring (bicyclic) bond motifs is 1. The van der Waals surface area contributed by atoms with Gasteiger partial charge in [0, 0.05) is 10.5 Å². The van der Waals surface area contributed by atoms with Gasteiger partial charge in [-0.25, -0.2) is 13.8 Å². The fourth-order valence-electron chi connectivity index (χ4n) is 1.86. The zero-order valence-electron chi connectivity index (χ0n) is 9.55. The van der Waals surface area contributed by atoms with E-state index in [0.717, 1.165) is 16.1 Å². The van der Waals surface area contributed by atoms with Crippen LogP contribution in [0.2, 0.25) is 0 Å². The first kappa shape index (κ1) is 12.1. The van der Waals surface area contributed by atoms with Crippen molar-refractivity contribution in [2.45, 2.75) is 0 Å². The van der Waals surface area contributed by atoms with E-state index in [9.17, 15) is 8.78 Å². The van der Waals surface area contributed by atoms with E-state index >= 15 is 0 Å². The molecule has 1 heterocycles. The average Bonchev–Trinajstić information content (AvgIpc) is 2.76. The van der Waals surface area contributed by atoms with Crippen LogP contribution in [0.3, 0.4) is 0 Å². The maximum Gasteiger partial charge on any atom is 0.149 e. The Labute approximate surface area is 115 Å². The number of anilines is 1. The summed E-state index contributed by atoms with van der Waals surface area (Å²) in [6, 6.07) is 7.45. The Morgan fingerprint density at radius 2 is 1.89 bits per heavy atom. The van der Waals surface area contributed by atoms with Gasteiger partial charge in [-0.15, -0.1) is 0 Å². The van der Waals surface area contributed by atoms with Gasteiger partial charge in [0.15, 0.2) is 0 Å². The van der Waals surface area contributed by atoms with Gasteiger partial charge in [-0.2, -0.15) is 0 Å². The number of nitrogens with zero attached hydrogens (tertiary/aromatic N) is 1. The average molecular weight is 324 g/mol. The Balaban J connectivity index is 2.21. The van der Waals surface area contributed by atoms with E-state index in [1.54, 1.807) is 6.07 Å². The standard InChI is InChI=1S/C13H8BrF2N3/c14-6-1-2-11-12(3-6)19-13(18-11)7-4-10(17)9(16)5-8(7)15/h1-5H,17H2,(H,18,19). The molecule has 96 valence electrons. The van der Waals surface area contributed by atoms with Gasteiger partial charge >= 0.3 is 0 Å². The SMILES string of the molecule is Nc1cc(-c2nc3ccc(Br)cc3[nH]2)c(F)cc1F. The summed E-state index contributed by atoms with van der Waals surface area (Å²) in [6.45, 7) is 0. The van der Waals surface area contributed by atoms with Crippen molar-refractivity contribution in [1.82, 2.24) is 9.97 Å². The van der Waals surface area contributed by atoms with E-state index in [2.05, 4.69) is 25.9 Å². The van der Waals surface area contributed by atoms with Crippen LogP contribution in [0.15, 0.2) is 34.8 Å². The summed E-state index contributed by atoms with van der Waals surface area (Å²) in [7, 11) is 0. The normalized spacial score (nSPS) is 11.1. The highest BCUT2D eigenvalue weighted by Gasteiger charge is 2.13. The summed E-state index contributed by atoms with van der Waals surface area (Å²) in [5.74, 6) is -1.16. The molecule has 0 aliphatic carbocycles. The zero-order chi connectivity index (χ0) is 13.6. The second-order valence-electron chi connectivity index (χ2n) is 4.10. The number of imidazole rings is 1. The van der Waals surface area contributed by atoms with E-state index in [4.69, 9.17) is 5.73 Å². The minimum Gasteiger partial charge on any atom is -0.396 e. The molecular formula is C13H8BrF2N3. The van der Waals surface area contributed by atoms with E-state index in [0.29, 0.717) is 11.3 Å². The van der Waals surface area contributed by atoms with E-state index in [1.165, 1.54) is 6.07 Å². The first-order valence-corrected chi connectivity index (χ1v) is 6.24. The molecule has 3 N–H and O–H groups in total. The van der Waals surface area contributed by atoms with Crippen molar-refractivity contribution in [2.75, 3.05) is 5.73 Å². The molecule has 0 bridgehead atoms. The molecule has 0 unspecified atom stereocenters. The number of benzene rings is 2. The molecule has 0 aliphatic heterocycles. The van der Waals surface area contributed by atoms with Crippen LogP contribution in [-0.2, 0) is 0 Å². The Kier molecular flexibility index (Phi) is 2.74. The molecule has 0 saturated carbocycles. The van der Waals surface area contributed by atoms with Crippen LogP contribution in [0.4, 0.5) is 14.5 Å². The molecule has 0 saturated heterocycles.